The number of likely N-dealkylation sites (tertiary alicyclic amines) is 1. The van der Waals surface area contributed by atoms with Crippen LogP contribution in [0.5, 0.6) is 0 Å². The Kier molecular flexibility index (Phi) is 15.7. The van der Waals surface area contributed by atoms with Crippen LogP contribution in [0.15, 0.2) is 36.9 Å². The molecule has 3 unspecified atom stereocenters. The Balaban J connectivity index is 1.58. The Morgan fingerprint density at radius 1 is 1.00 bits per heavy atom. The molecule has 4 N–H and O–H groups in total. The number of terminal acetylenes is 1. The zero-order valence-corrected chi connectivity index (χ0v) is 34.3. The Morgan fingerprint density at radius 3 is 2.32 bits per heavy atom. The van der Waals surface area contributed by atoms with Gasteiger partial charge in [0, 0.05) is 38.2 Å². The summed E-state index contributed by atoms with van der Waals surface area (Å²) in [5.74, 6) is 0.325. The Bertz CT molecular complexity index is 1640. The van der Waals surface area contributed by atoms with Crippen molar-refractivity contribution in [2.24, 2.45) is 29.1 Å². The van der Waals surface area contributed by atoms with E-state index in [4.69, 9.17) is 6.42 Å². The number of fused-ring (bicyclic) bond motifs is 1. The van der Waals surface area contributed by atoms with Crippen molar-refractivity contribution in [1.82, 2.24) is 31.1 Å². The molecule has 1 aromatic carbocycles. The van der Waals surface area contributed by atoms with E-state index in [0.717, 1.165) is 37.7 Å². The fourth-order valence-corrected chi connectivity index (χ4v) is 8.23. The molecule has 1 saturated heterocycles. The van der Waals surface area contributed by atoms with Crippen molar-refractivity contribution in [3.63, 3.8) is 0 Å². The van der Waals surface area contributed by atoms with Gasteiger partial charge in [-0.05, 0) is 72.8 Å². The number of hydrogen-bond acceptors (Lipinski definition) is 6. The molecule has 0 aromatic heterocycles. The van der Waals surface area contributed by atoms with Crippen molar-refractivity contribution >= 4 is 35.4 Å². The third-order valence-corrected chi connectivity index (χ3v) is 12.1. The van der Waals surface area contributed by atoms with Gasteiger partial charge in [-0.25, -0.2) is 4.79 Å². The summed E-state index contributed by atoms with van der Waals surface area (Å²) in [5, 5.41) is 11.5. The fourth-order valence-electron chi connectivity index (χ4n) is 8.23. The smallest absolute Gasteiger partial charge is 0.315 e. The minimum atomic E-state index is -1.12. The molecule has 4 rings (SSSR count). The lowest BCUT2D eigenvalue weighted by molar-refractivity contribution is -0.143. The second-order valence-corrected chi connectivity index (χ2v) is 17.4. The van der Waals surface area contributed by atoms with Crippen LogP contribution in [0.25, 0.3) is 0 Å². The molecule has 3 aliphatic rings. The van der Waals surface area contributed by atoms with E-state index in [1.807, 2.05) is 45.0 Å². The monoisotopic (exact) mass is 772 g/mol. The summed E-state index contributed by atoms with van der Waals surface area (Å²) in [6, 6.07) is 3.66. The van der Waals surface area contributed by atoms with E-state index in [0.29, 0.717) is 44.5 Å². The average Bonchev–Trinajstić information content (AvgIpc) is 3.76. The number of amides is 6. The maximum Gasteiger partial charge on any atom is 0.315 e. The Hall–Kier alpha value is -4.66. The topological polar surface area (TPSA) is 157 Å². The zero-order chi connectivity index (χ0) is 41.2. The first-order valence-corrected chi connectivity index (χ1v) is 20.5. The molecule has 2 fully saturated rings. The maximum absolute atomic E-state index is 14.9. The summed E-state index contributed by atoms with van der Waals surface area (Å²) in [7, 11) is 0. The predicted molar refractivity (Wildman–Crippen MR) is 217 cm³/mol. The number of rotatable bonds is 17. The normalized spacial score (nSPS) is 20.6. The van der Waals surface area contributed by atoms with Crippen LogP contribution in [0, 0.1) is 41.4 Å². The summed E-state index contributed by atoms with van der Waals surface area (Å²) in [6.45, 7) is 17.1. The number of Topliss-reactive ketones (excluding diaryl/α,β-unsaturated/α-hetero) is 1. The zero-order valence-electron chi connectivity index (χ0n) is 34.3. The van der Waals surface area contributed by atoms with Crippen LogP contribution in [0.2, 0.25) is 0 Å². The molecule has 56 heavy (non-hydrogen) atoms. The lowest BCUT2D eigenvalue weighted by Crippen LogP contribution is -2.60. The molecule has 2 aliphatic heterocycles. The van der Waals surface area contributed by atoms with E-state index in [1.54, 1.807) is 9.80 Å². The highest BCUT2D eigenvalue weighted by molar-refractivity contribution is 6.38. The molecule has 6 amide bonds. The van der Waals surface area contributed by atoms with Gasteiger partial charge in [-0.1, -0.05) is 85.1 Å². The van der Waals surface area contributed by atoms with Crippen molar-refractivity contribution in [2.75, 3.05) is 19.6 Å². The lowest BCUT2D eigenvalue weighted by atomic mass is 9.83. The van der Waals surface area contributed by atoms with E-state index in [-0.39, 0.29) is 48.5 Å². The summed E-state index contributed by atoms with van der Waals surface area (Å²) in [5.41, 5.74) is 1.19. The van der Waals surface area contributed by atoms with Gasteiger partial charge in [0.25, 0.3) is 11.8 Å². The number of unbranched alkanes of at least 4 members (excludes halogenated alkanes) is 1. The second kappa shape index (κ2) is 20.0. The van der Waals surface area contributed by atoms with E-state index in [2.05, 4.69) is 54.5 Å². The average molecular weight is 773 g/mol. The van der Waals surface area contributed by atoms with E-state index in [9.17, 15) is 28.8 Å². The fraction of sp³-hybridized carbons (Fsp3) is 0.636. The summed E-state index contributed by atoms with van der Waals surface area (Å²) in [4.78, 5) is 85.8. The van der Waals surface area contributed by atoms with Crippen LogP contribution < -0.4 is 21.3 Å². The molecular weight excluding hydrogens is 709 g/mol. The Morgan fingerprint density at radius 2 is 1.70 bits per heavy atom. The number of nitrogens with one attached hydrogen (secondary N) is 4. The minimum Gasteiger partial charge on any atom is -0.346 e. The predicted octanol–water partition coefficient (Wildman–Crippen LogP) is 4.97. The molecule has 2 heterocycles. The summed E-state index contributed by atoms with van der Waals surface area (Å²) < 4.78 is 0. The maximum atomic E-state index is 14.9. The van der Waals surface area contributed by atoms with Gasteiger partial charge in [-0.15, -0.1) is 18.9 Å². The molecule has 12 nitrogen and oxygen atoms in total. The number of nitrogens with zero attached hydrogens (tertiary/aromatic N) is 2. The number of hydrogen-bond donors (Lipinski definition) is 4. The first kappa shape index (κ1) is 44.1. The third-order valence-electron chi connectivity index (χ3n) is 12.1. The molecule has 0 radical (unpaired) electrons. The van der Waals surface area contributed by atoms with Gasteiger partial charge in [-0.3, -0.25) is 24.0 Å². The molecule has 12 heteroatoms. The number of carbonyl (C=O) groups excluding carboxylic acids is 6. The van der Waals surface area contributed by atoms with Crippen LogP contribution in [-0.2, 0) is 25.7 Å². The highest BCUT2D eigenvalue weighted by Crippen LogP contribution is 2.36. The highest BCUT2D eigenvalue weighted by Gasteiger charge is 2.46. The first-order valence-electron chi connectivity index (χ1n) is 20.5. The van der Waals surface area contributed by atoms with Crippen molar-refractivity contribution in [2.45, 2.75) is 130 Å². The van der Waals surface area contributed by atoms with Crippen molar-refractivity contribution < 1.29 is 28.8 Å². The quantitative estimate of drug-likeness (QED) is 0.0758. The van der Waals surface area contributed by atoms with E-state index >= 15 is 0 Å². The van der Waals surface area contributed by atoms with Gasteiger partial charge in [0.1, 0.15) is 12.1 Å². The summed E-state index contributed by atoms with van der Waals surface area (Å²) in [6.07, 6.45) is 12.6. The molecule has 0 bridgehead atoms. The Labute approximate surface area is 333 Å². The van der Waals surface area contributed by atoms with Crippen LogP contribution in [0.4, 0.5) is 4.79 Å². The van der Waals surface area contributed by atoms with Gasteiger partial charge in [0.05, 0.1) is 12.1 Å². The van der Waals surface area contributed by atoms with Crippen LogP contribution in [0.3, 0.4) is 0 Å². The first-order chi connectivity index (χ1) is 26.6. The number of ketones is 1. The second-order valence-electron chi connectivity index (χ2n) is 17.4. The molecule has 0 spiro atoms. The third kappa shape index (κ3) is 11.2. The van der Waals surface area contributed by atoms with Crippen LogP contribution in [0.1, 0.15) is 115 Å². The SMILES string of the molecule is C#CCCCC(NC(=O)[C@@H]1CC(C(C)C(C)C)CN1C(=O)[C@@H](NC(=O)N[C@H](CN1Cc2ccccc2C1=O)C(C)(C)C)C1CCCCC1)C(=O)C(=O)NCC=C. The lowest BCUT2D eigenvalue weighted by Gasteiger charge is -2.37. The number of urea groups is 1. The molecule has 6 atom stereocenters. The van der Waals surface area contributed by atoms with Gasteiger partial charge < -0.3 is 31.1 Å². The van der Waals surface area contributed by atoms with E-state index in [1.165, 1.54) is 6.08 Å². The van der Waals surface area contributed by atoms with Crippen LogP contribution >= 0.6 is 0 Å². The van der Waals surface area contributed by atoms with Crippen LogP contribution in [-0.4, -0.2) is 89.0 Å². The molecule has 1 aromatic rings. The number of carbonyl (C=O) groups is 6. The molecule has 1 saturated carbocycles. The standard InChI is InChI=1S/C44H64N6O6/c1-9-11-13-22-34(38(51)40(53)45-23-10-2)46-39(52)35-24-32(29(5)28(3)4)26-50(35)42(55)37(30-18-14-12-15-19-30)48-43(56)47-36(44(6,7)8)27-49-25-31-20-16-17-21-33(31)41(49)54/h1,10,16-17,20-21,28-30,32,34-37H,2,11-15,18-19,22-27H2,3-8H3,(H,45,53)(H,46,52)(H2,47,48,56)/t29?,32?,34?,35-,36+,37-/m0/s1. The summed E-state index contributed by atoms with van der Waals surface area (Å²) >= 11 is 0. The number of benzene rings is 1. The van der Waals surface area contributed by atoms with Gasteiger partial charge in [-0.2, -0.15) is 0 Å². The van der Waals surface area contributed by atoms with Gasteiger partial charge in [0.15, 0.2) is 0 Å². The largest absolute Gasteiger partial charge is 0.346 e. The highest BCUT2D eigenvalue weighted by atomic mass is 16.2. The molecular formula is C44H64N6O6. The van der Waals surface area contributed by atoms with Crippen molar-refractivity contribution in [3.05, 3.63) is 48.0 Å². The minimum absolute atomic E-state index is 0.00518. The molecule has 306 valence electrons. The van der Waals surface area contributed by atoms with Crippen molar-refractivity contribution in [1.29, 1.82) is 0 Å². The molecule has 1 aliphatic carbocycles. The van der Waals surface area contributed by atoms with E-state index < -0.39 is 53.2 Å². The van der Waals surface area contributed by atoms with Crippen molar-refractivity contribution in [3.8, 4) is 12.3 Å². The van der Waals surface area contributed by atoms with Gasteiger partial charge >= 0.3 is 6.03 Å². The van der Waals surface area contributed by atoms with Gasteiger partial charge in [0.2, 0.25) is 17.6 Å².